The number of nitrogens with zero attached hydrogens (tertiary/aromatic N) is 2. The molecular weight excluding hydrogens is 360 g/mol. The highest BCUT2D eigenvalue weighted by atomic mass is 19.1. The number of benzene rings is 2. The lowest BCUT2D eigenvalue weighted by Crippen LogP contribution is -2.32. The van der Waals surface area contributed by atoms with Gasteiger partial charge in [-0.25, -0.2) is 13.5 Å². The van der Waals surface area contributed by atoms with Crippen LogP contribution in [0.15, 0.2) is 42.6 Å². The van der Waals surface area contributed by atoms with Crippen LogP contribution in [0.2, 0.25) is 0 Å². The summed E-state index contributed by atoms with van der Waals surface area (Å²) in [7, 11) is 0. The van der Waals surface area contributed by atoms with E-state index in [2.05, 4.69) is 36.4 Å². The first-order valence-electron chi connectivity index (χ1n) is 9.35. The predicted octanol–water partition coefficient (Wildman–Crippen LogP) is 4.57. The van der Waals surface area contributed by atoms with Gasteiger partial charge in [0.1, 0.15) is 17.2 Å². The Balaban J connectivity index is 1.64. The van der Waals surface area contributed by atoms with Crippen molar-refractivity contribution in [1.29, 1.82) is 0 Å². The number of aromatic nitrogens is 2. The molecule has 0 saturated carbocycles. The van der Waals surface area contributed by atoms with Crippen LogP contribution in [0.3, 0.4) is 0 Å². The number of fused-ring (bicyclic) bond motifs is 1. The van der Waals surface area contributed by atoms with E-state index < -0.39 is 23.1 Å². The topological polar surface area (TPSA) is 46.9 Å². The average molecular weight is 381 g/mol. The summed E-state index contributed by atoms with van der Waals surface area (Å²) in [6.07, 6.45) is 4.14. The van der Waals surface area contributed by atoms with Gasteiger partial charge in [-0.3, -0.25) is 4.79 Å². The molecule has 3 aromatic rings. The molecule has 1 aliphatic rings. The molecule has 144 valence electrons. The van der Waals surface area contributed by atoms with Crippen molar-refractivity contribution in [3.05, 3.63) is 82.2 Å². The first-order valence-corrected chi connectivity index (χ1v) is 9.35. The first kappa shape index (κ1) is 18.3. The number of rotatable bonds is 3. The van der Waals surface area contributed by atoms with Gasteiger partial charge in [0.25, 0.3) is 5.91 Å². The Morgan fingerprint density at radius 2 is 1.89 bits per heavy atom. The van der Waals surface area contributed by atoms with Crippen LogP contribution in [0.4, 0.5) is 8.78 Å². The molecule has 6 heteroatoms. The zero-order chi connectivity index (χ0) is 19.8. The van der Waals surface area contributed by atoms with E-state index in [1.807, 2.05) is 10.7 Å². The van der Waals surface area contributed by atoms with Gasteiger partial charge in [0, 0.05) is 11.3 Å². The van der Waals surface area contributed by atoms with Crippen molar-refractivity contribution >= 4 is 5.91 Å². The molecule has 0 aliphatic heterocycles. The number of carbonyl (C=O) groups is 1. The minimum Gasteiger partial charge on any atom is -0.345 e. The average Bonchev–Trinajstić information content (AvgIpc) is 3.09. The fourth-order valence-electron chi connectivity index (χ4n) is 3.73. The van der Waals surface area contributed by atoms with Crippen molar-refractivity contribution in [3.8, 4) is 5.69 Å². The summed E-state index contributed by atoms with van der Waals surface area (Å²) < 4.78 is 29.8. The number of hydrogen-bond donors (Lipinski definition) is 1. The highest BCUT2D eigenvalue weighted by Crippen LogP contribution is 2.32. The van der Waals surface area contributed by atoms with Crippen molar-refractivity contribution in [3.63, 3.8) is 0 Å². The third-order valence-electron chi connectivity index (χ3n) is 5.41. The molecule has 1 N–H and O–H groups in total. The van der Waals surface area contributed by atoms with Crippen LogP contribution in [0, 0.1) is 25.5 Å². The molecular formula is C22H21F2N3O. The molecule has 1 aliphatic carbocycles. The van der Waals surface area contributed by atoms with Crippen molar-refractivity contribution < 1.29 is 13.6 Å². The van der Waals surface area contributed by atoms with E-state index in [0.717, 1.165) is 41.9 Å². The van der Waals surface area contributed by atoms with E-state index in [1.165, 1.54) is 17.2 Å². The molecule has 0 bridgehead atoms. The number of nitrogens with one attached hydrogen (secondary N) is 1. The predicted molar refractivity (Wildman–Crippen MR) is 103 cm³/mol. The zero-order valence-electron chi connectivity index (χ0n) is 15.8. The fraction of sp³-hybridized carbons (Fsp3) is 0.273. The van der Waals surface area contributed by atoms with Gasteiger partial charge in [0.2, 0.25) is 0 Å². The maximum atomic E-state index is 13.9. The van der Waals surface area contributed by atoms with E-state index in [1.54, 1.807) is 6.20 Å². The number of aryl methyl sites for hydroxylation is 2. The summed E-state index contributed by atoms with van der Waals surface area (Å²) in [5, 5.41) is 7.31. The van der Waals surface area contributed by atoms with Crippen LogP contribution in [-0.2, 0) is 6.42 Å². The summed E-state index contributed by atoms with van der Waals surface area (Å²) >= 11 is 0. The molecule has 0 radical (unpaired) electrons. The van der Waals surface area contributed by atoms with Gasteiger partial charge in [-0.2, -0.15) is 5.10 Å². The van der Waals surface area contributed by atoms with Crippen molar-refractivity contribution in [2.45, 2.75) is 39.2 Å². The minimum absolute atomic E-state index is 0.324. The quantitative estimate of drug-likeness (QED) is 0.722. The van der Waals surface area contributed by atoms with Gasteiger partial charge in [0.15, 0.2) is 0 Å². The van der Waals surface area contributed by atoms with Gasteiger partial charge in [-0.1, -0.05) is 12.1 Å². The molecule has 1 amide bonds. The van der Waals surface area contributed by atoms with E-state index >= 15 is 0 Å². The fourth-order valence-corrected chi connectivity index (χ4v) is 3.73. The highest BCUT2D eigenvalue weighted by molar-refractivity contribution is 5.95. The Labute approximate surface area is 162 Å². The van der Waals surface area contributed by atoms with E-state index in [0.29, 0.717) is 6.42 Å². The van der Waals surface area contributed by atoms with Gasteiger partial charge < -0.3 is 5.32 Å². The second-order valence-electron chi connectivity index (χ2n) is 7.24. The third kappa shape index (κ3) is 3.19. The Morgan fingerprint density at radius 3 is 2.61 bits per heavy atom. The monoisotopic (exact) mass is 381 g/mol. The molecule has 1 heterocycles. The molecule has 0 spiro atoms. The molecule has 0 fully saturated rings. The van der Waals surface area contributed by atoms with Crippen LogP contribution < -0.4 is 5.32 Å². The maximum absolute atomic E-state index is 13.9. The molecule has 4 rings (SSSR count). The van der Waals surface area contributed by atoms with Gasteiger partial charge in [0.05, 0.1) is 17.9 Å². The SMILES string of the molecule is Cc1ccc(-n2ncc3c2CCCC3NC(=O)c2c(F)cccc2F)cc1C. The number of halogens is 2. The number of hydrogen-bond acceptors (Lipinski definition) is 2. The normalized spacial score (nSPS) is 15.9. The first-order chi connectivity index (χ1) is 13.5. The Hall–Kier alpha value is -3.02. The van der Waals surface area contributed by atoms with Crippen LogP contribution in [-0.4, -0.2) is 15.7 Å². The second kappa shape index (κ2) is 7.19. The lowest BCUT2D eigenvalue weighted by molar-refractivity contribution is 0.0924. The summed E-state index contributed by atoms with van der Waals surface area (Å²) in [5.41, 5.74) is 4.73. The van der Waals surface area contributed by atoms with Crippen molar-refractivity contribution in [2.75, 3.05) is 0 Å². The Morgan fingerprint density at radius 1 is 1.14 bits per heavy atom. The lowest BCUT2D eigenvalue weighted by atomic mass is 9.92. The molecule has 1 unspecified atom stereocenters. The maximum Gasteiger partial charge on any atom is 0.257 e. The van der Waals surface area contributed by atoms with Crippen LogP contribution in [0.1, 0.15) is 51.6 Å². The summed E-state index contributed by atoms with van der Waals surface area (Å²) in [5.74, 6) is -2.47. The van der Waals surface area contributed by atoms with E-state index in [9.17, 15) is 13.6 Å². The van der Waals surface area contributed by atoms with Gasteiger partial charge in [-0.05, 0) is 68.5 Å². The van der Waals surface area contributed by atoms with E-state index in [-0.39, 0.29) is 6.04 Å². The summed E-state index contributed by atoms with van der Waals surface area (Å²) in [6, 6.07) is 9.25. The third-order valence-corrected chi connectivity index (χ3v) is 5.41. The van der Waals surface area contributed by atoms with Crippen LogP contribution in [0.25, 0.3) is 5.69 Å². The largest absolute Gasteiger partial charge is 0.345 e. The lowest BCUT2D eigenvalue weighted by Gasteiger charge is -2.24. The molecule has 1 aromatic heterocycles. The Bertz CT molecular complexity index is 1040. The molecule has 2 aromatic carbocycles. The molecule has 1 atom stereocenters. The van der Waals surface area contributed by atoms with Crippen LogP contribution in [0.5, 0.6) is 0 Å². The molecule has 4 nitrogen and oxygen atoms in total. The summed E-state index contributed by atoms with van der Waals surface area (Å²) in [6.45, 7) is 4.12. The van der Waals surface area contributed by atoms with Crippen molar-refractivity contribution in [1.82, 2.24) is 15.1 Å². The standard InChI is InChI=1S/C22H21F2N3O/c1-13-9-10-15(11-14(13)2)27-20-8-4-7-19(16(20)12-25-27)26-22(28)21-17(23)5-3-6-18(21)24/h3,5-6,9-12,19H,4,7-8H2,1-2H3,(H,26,28). The van der Waals surface area contributed by atoms with E-state index in [4.69, 9.17) is 0 Å². The minimum atomic E-state index is -0.862. The second-order valence-corrected chi connectivity index (χ2v) is 7.24. The van der Waals surface area contributed by atoms with Gasteiger partial charge >= 0.3 is 0 Å². The molecule has 0 saturated heterocycles. The zero-order valence-corrected chi connectivity index (χ0v) is 15.8. The highest BCUT2D eigenvalue weighted by Gasteiger charge is 2.28. The van der Waals surface area contributed by atoms with Crippen molar-refractivity contribution in [2.24, 2.45) is 0 Å². The number of amides is 1. The van der Waals surface area contributed by atoms with Crippen LogP contribution >= 0.6 is 0 Å². The Kier molecular flexibility index (Phi) is 4.71. The number of carbonyl (C=O) groups excluding carboxylic acids is 1. The van der Waals surface area contributed by atoms with Gasteiger partial charge in [-0.15, -0.1) is 0 Å². The summed E-state index contributed by atoms with van der Waals surface area (Å²) in [4.78, 5) is 12.5. The smallest absolute Gasteiger partial charge is 0.257 e. The molecule has 28 heavy (non-hydrogen) atoms.